The van der Waals surface area contributed by atoms with E-state index in [1.165, 1.54) is 44.9 Å². The Bertz CT molecular complexity index is 1050. The fourth-order valence-corrected chi connectivity index (χ4v) is 10.4. The van der Waals surface area contributed by atoms with Gasteiger partial charge in [-0.1, -0.05) is 45.9 Å². The summed E-state index contributed by atoms with van der Waals surface area (Å²) in [6.07, 6.45) is 13.8. The zero-order valence-electron chi connectivity index (χ0n) is 24.8. The van der Waals surface area contributed by atoms with Crippen molar-refractivity contribution >= 4 is 5.97 Å². The van der Waals surface area contributed by atoms with Gasteiger partial charge in [-0.25, -0.2) is 4.79 Å². The first-order chi connectivity index (χ1) is 18.6. The Hall–Kier alpha value is -1.86. The molecule has 0 bridgehead atoms. The highest BCUT2D eigenvalue weighted by Crippen LogP contribution is 2.69. The fraction of sp³-hybridized carbons (Fsp3) is 0.771. The molecule has 10 atom stereocenters. The number of hydrogen-bond donors (Lipinski definition) is 1. The molecule has 214 valence electrons. The minimum absolute atomic E-state index is 0.256. The van der Waals surface area contributed by atoms with E-state index in [0.29, 0.717) is 34.1 Å². The number of carbonyl (C=O) groups is 1. The number of aliphatic hydroxyl groups is 1. The summed E-state index contributed by atoms with van der Waals surface area (Å²) in [5, 5.41) is 20.5. The molecule has 39 heavy (non-hydrogen) atoms. The van der Waals surface area contributed by atoms with E-state index in [0.717, 1.165) is 49.9 Å². The summed E-state index contributed by atoms with van der Waals surface area (Å²) in [6.45, 7) is 9.77. The van der Waals surface area contributed by atoms with Gasteiger partial charge < -0.3 is 9.84 Å². The van der Waals surface area contributed by atoms with E-state index in [1.807, 2.05) is 18.2 Å². The molecule has 0 amide bonds. The average Bonchev–Trinajstić information content (AvgIpc) is 3.30. The SMILES string of the molecule is CC[C@]1(O)CC[C@@]2(C)[C@@H](CC[C@@H]3[C@@H]2CC[C@]2(C)[C@@H]([C@H](C)CC[C@@H](CC#N)OC(=O)c4ccccc4)CC[C@@H]32)C1. The molecular formula is C35H51NO3. The minimum atomic E-state index is -0.424. The number of benzene rings is 1. The van der Waals surface area contributed by atoms with Crippen molar-refractivity contribution in [2.45, 2.75) is 123 Å². The van der Waals surface area contributed by atoms with E-state index in [-0.39, 0.29) is 18.5 Å². The quantitative estimate of drug-likeness (QED) is 0.341. The lowest BCUT2D eigenvalue weighted by molar-refractivity contribution is -0.152. The number of carbonyl (C=O) groups excluding carboxylic acids is 1. The maximum atomic E-state index is 12.6. The Kier molecular flexibility index (Phi) is 8.23. The van der Waals surface area contributed by atoms with Crippen LogP contribution in [0.2, 0.25) is 0 Å². The second kappa shape index (κ2) is 11.2. The van der Waals surface area contributed by atoms with Crippen molar-refractivity contribution in [3.8, 4) is 6.07 Å². The van der Waals surface area contributed by atoms with Crippen LogP contribution in [-0.2, 0) is 4.74 Å². The molecular weight excluding hydrogens is 482 g/mol. The molecule has 5 rings (SSSR count). The molecule has 1 aromatic rings. The summed E-state index contributed by atoms with van der Waals surface area (Å²) in [6, 6.07) is 11.4. The summed E-state index contributed by atoms with van der Waals surface area (Å²) in [7, 11) is 0. The standard InChI is InChI=1S/C35H51NO3/c1-5-35(38)21-20-33(3)26(23-35)12-14-28-30-16-15-29(34(30,4)19-17-31(28)33)24(2)11-13-27(18-22-36)39-32(37)25-9-7-6-8-10-25/h6-10,24,26-31,38H,5,11-21,23H2,1-4H3/t24-,26+,27+,28+,29-,30+,31+,33+,34-,35+/m1/s1. The molecule has 0 aliphatic heterocycles. The number of fused-ring (bicyclic) bond motifs is 5. The van der Waals surface area contributed by atoms with Gasteiger partial charge in [0.05, 0.1) is 23.7 Å². The van der Waals surface area contributed by atoms with Gasteiger partial charge in [-0.05, 0) is 136 Å². The van der Waals surface area contributed by atoms with Crippen LogP contribution >= 0.6 is 0 Å². The highest BCUT2D eigenvalue weighted by atomic mass is 16.5. The van der Waals surface area contributed by atoms with Gasteiger partial charge in [0.2, 0.25) is 0 Å². The third-order valence-corrected chi connectivity index (χ3v) is 12.8. The van der Waals surface area contributed by atoms with E-state index in [9.17, 15) is 15.2 Å². The molecule has 4 aliphatic carbocycles. The van der Waals surface area contributed by atoms with Gasteiger partial charge in [-0.15, -0.1) is 0 Å². The van der Waals surface area contributed by atoms with Gasteiger partial charge in [0.25, 0.3) is 0 Å². The fourth-order valence-electron chi connectivity index (χ4n) is 10.4. The minimum Gasteiger partial charge on any atom is -0.458 e. The maximum absolute atomic E-state index is 12.6. The van der Waals surface area contributed by atoms with Gasteiger partial charge in [-0.3, -0.25) is 0 Å². The Morgan fingerprint density at radius 3 is 2.49 bits per heavy atom. The van der Waals surface area contributed by atoms with Crippen molar-refractivity contribution in [3.05, 3.63) is 35.9 Å². The highest BCUT2D eigenvalue weighted by Gasteiger charge is 2.61. The van der Waals surface area contributed by atoms with Gasteiger partial charge in [0.15, 0.2) is 0 Å². The average molecular weight is 534 g/mol. The van der Waals surface area contributed by atoms with Crippen LogP contribution in [0, 0.1) is 57.7 Å². The molecule has 4 aliphatic rings. The van der Waals surface area contributed by atoms with E-state index < -0.39 is 5.60 Å². The Morgan fingerprint density at radius 2 is 1.77 bits per heavy atom. The van der Waals surface area contributed by atoms with E-state index in [2.05, 4.69) is 33.8 Å². The second-order valence-electron chi connectivity index (χ2n) is 14.5. The highest BCUT2D eigenvalue weighted by molar-refractivity contribution is 5.89. The predicted molar refractivity (Wildman–Crippen MR) is 155 cm³/mol. The number of nitriles is 1. The molecule has 0 unspecified atom stereocenters. The summed E-state index contributed by atoms with van der Waals surface area (Å²) >= 11 is 0. The zero-order chi connectivity index (χ0) is 27.8. The first kappa shape index (κ1) is 28.7. The monoisotopic (exact) mass is 533 g/mol. The predicted octanol–water partition coefficient (Wildman–Crippen LogP) is 8.34. The lowest BCUT2D eigenvalue weighted by Crippen LogP contribution is -2.56. The van der Waals surface area contributed by atoms with Gasteiger partial charge in [0, 0.05) is 0 Å². The van der Waals surface area contributed by atoms with E-state index in [1.54, 1.807) is 12.1 Å². The number of ether oxygens (including phenoxy) is 1. The second-order valence-corrected chi connectivity index (χ2v) is 14.5. The molecule has 4 fully saturated rings. The Morgan fingerprint density at radius 1 is 1.03 bits per heavy atom. The third kappa shape index (κ3) is 5.30. The zero-order valence-corrected chi connectivity index (χ0v) is 24.8. The summed E-state index contributed by atoms with van der Waals surface area (Å²) < 4.78 is 5.80. The normalized spacial score (nSPS) is 40.9. The number of hydrogen-bond acceptors (Lipinski definition) is 4. The van der Waals surface area contributed by atoms with Gasteiger partial charge in [0.1, 0.15) is 6.10 Å². The first-order valence-corrected chi connectivity index (χ1v) is 16.0. The molecule has 0 heterocycles. The molecule has 0 saturated heterocycles. The van der Waals surface area contributed by atoms with Crippen molar-refractivity contribution in [1.82, 2.24) is 0 Å². The largest absolute Gasteiger partial charge is 0.458 e. The van der Waals surface area contributed by atoms with Crippen molar-refractivity contribution in [2.24, 2.45) is 46.3 Å². The summed E-state index contributed by atoms with van der Waals surface area (Å²) in [5.74, 6) is 4.12. The van der Waals surface area contributed by atoms with Crippen molar-refractivity contribution in [2.75, 3.05) is 0 Å². The molecule has 4 heteroatoms. The third-order valence-electron chi connectivity index (χ3n) is 12.8. The topological polar surface area (TPSA) is 70.3 Å². The van der Waals surface area contributed by atoms with Crippen LogP contribution in [-0.4, -0.2) is 22.8 Å². The molecule has 1 N–H and O–H groups in total. The summed E-state index contributed by atoms with van der Waals surface area (Å²) in [5.41, 5.74) is 0.931. The molecule has 4 nitrogen and oxygen atoms in total. The van der Waals surface area contributed by atoms with Crippen LogP contribution in [0.5, 0.6) is 0 Å². The van der Waals surface area contributed by atoms with Crippen molar-refractivity contribution in [1.29, 1.82) is 5.26 Å². The van der Waals surface area contributed by atoms with Crippen LogP contribution in [0.3, 0.4) is 0 Å². The maximum Gasteiger partial charge on any atom is 0.338 e. The van der Waals surface area contributed by atoms with Crippen LogP contribution in [0.15, 0.2) is 30.3 Å². The van der Waals surface area contributed by atoms with Crippen LogP contribution in [0.25, 0.3) is 0 Å². The number of esters is 1. The van der Waals surface area contributed by atoms with Crippen molar-refractivity contribution < 1.29 is 14.6 Å². The number of nitrogens with zero attached hydrogens (tertiary/aromatic N) is 1. The molecule has 1 aromatic carbocycles. The van der Waals surface area contributed by atoms with Crippen LogP contribution in [0.1, 0.15) is 122 Å². The molecule has 4 saturated carbocycles. The van der Waals surface area contributed by atoms with Gasteiger partial charge in [-0.2, -0.15) is 5.26 Å². The molecule has 0 aromatic heterocycles. The van der Waals surface area contributed by atoms with Gasteiger partial charge >= 0.3 is 5.97 Å². The smallest absolute Gasteiger partial charge is 0.338 e. The summed E-state index contributed by atoms with van der Waals surface area (Å²) in [4.78, 5) is 12.6. The van der Waals surface area contributed by atoms with E-state index >= 15 is 0 Å². The lowest BCUT2D eigenvalue weighted by atomic mass is 9.43. The first-order valence-electron chi connectivity index (χ1n) is 16.0. The van der Waals surface area contributed by atoms with Crippen molar-refractivity contribution in [3.63, 3.8) is 0 Å². The molecule has 0 spiro atoms. The molecule has 0 radical (unpaired) electrons. The Balaban J connectivity index is 1.22. The number of rotatable bonds is 8. The van der Waals surface area contributed by atoms with E-state index in [4.69, 9.17) is 4.74 Å². The van der Waals surface area contributed by atoms with Crippen LogP contribution < -0.4 is 0 Å². The lowest BCUT2D eigenvalue weighted by Gasteiger charge is -2.62. The Labute approximate surface area is 236 Å². The van der Waals surface area contributed by atoms with Crippen LogP contribution in [0.4, 0.5) is 0 Å².